The summed E-state index contributed by atoms with van der Waals surface area (Å²) in [6, 6.07) is 3.60. The first-order valence-corrected chi connectivity index (χ1v) is 4.91. The largest absolute Gasteiger partial charge is 0.507 e. The summed E-state index contributed by atoms with van der Waals surface area (Å²) in [6.45, 7) is 2.07. The number of benzene rings is 1. The maximum Gasteiger partial charge on any atom is 0.130 e. The molecule has 0 bridgehead atoms. The quantitative estimate of drug-likeness (QED) is 0.835. The van der Waals surface area contributed by atoms with Crippen molar-refractivity contribution in [3.8, 4) is 5.75 Å². The van der Waals surface area contributed by atoms with E-state index >= 15 is 0 Å². The van der Waals surface area contributed by atoms with Gasteiger partial charge in [0.2, 0.25) is 0 Å². The third kappa shape index (κ3) is 1.76. The van der Waals surface area contributed by atoms with Gasteiger partial charge in [-0.15, -0.1) is 0 Å². The van der Waals surface area contributed by atoms with Crippen LogP contribution < -0.4 is 0 Å². The monoisotopic (exact) mass is 278 g/mol. The van der Waals surface area contributed by atoms with Gasteiger partial charge in [-0.1, -0.05) is 13.0 Å². The summed E-state index contributed by atoms with van der Waals surface area (Å²) in [7, 11) is 0. The Morgan fingerprint density at radius 2 is 1.91 bits per heavy atom. The number of hydrogen-bond donors (Lipinski definition) is 1. The number of phenolic OH excluding ortho intramolecular Hbond substituents is 1. The number of aromatic hydroxyl groups is 1. The van der Waals surface area contributed by atoms with Crippen LogP contribution in [-0.2, 0) is 6.42 Å². The Kier molecular flexibility index (Phi) is 2.96. The number of hydrogen-bond acceptors (Lipinski definition) is 1. The normalized spacial score (nSPS) is 10.1. The highest BCUT2D eigenvalue weighted by Crippen LogP contribution is 2.34. The smallest absolute Gasteiger partial charge is 0.130 e. The van der Waals surface area contributed by atoms with E-state index in [1.165, 1.54) is 5.56 Å². The third-order valence-electron chi connectivity index (χ3n) is 1.52. The summed E-state index contributed by atoms with van der Waals surface area (Å²) in [5, 5.41) is 9.24. The molecule has 3 heteroatoms. The Bertz CT molecular complexity index is 271. The average Bonchev–Trinajstić information content (AvgIpc) is 2.01. The molecule has 11 heavy (non-hydrogen) atoms. The number of aryl methyl sites for hydroxylation is 1. The van der Waals surface area contributed by atoms with Crippen LogP contribution >= 0.6 is 31.9 Å². The molecule has 1 nitrogen and oxygen atoms in total. The van der Waals surface area contributed by atoms with Crippen LogP contribution in [0.5, 0.6) is 5.75 Å². The minimum atomic E-state index is 0.272. The van der Waals surface area contributed by atoms with Crippen LogP contribution in [0.3, 0.4) is 0 Å². The second-order valence-corrected chi connectivity index (χ2v) is 3.81. The van der Waals surface area contributed by atoms with Crippen LogP contribution in [0.25, 0.3) is 0 Å². The summed E-state index contributed by atoms with van der Waals surface area (Å²) in [6.07, 6.45) is 0.958. The summed E-state index contributed by atoms with van der Waals surface area (Å²) in [4.78, 5) is 0. The van der Waals surface area contributed by atoms with Crippen molar-refractivity contribution in [1.29, 1.82) is 0 Å². The second-order valence-electron chi connectivity index (χ2n) is 2.23. The average molecular weight is 280 g/mol. The van der Waals surface area contributed by atoms with E-state index in [4.69, 9.17) is 0 Å². The van der Waals surface area contributed by atoms with Gasteiger partial charge in [0.25, 0.3) is 0 Å². The molecule has 1 aromatic rings. The van der Waals surface area contributed by atoms with E-state index in [9.17, 15) is 5.11 Å². The van der Waals surface area contributed by atoms with Crippen LogP contribution in [0, 0.1) is 0 Å². The van der Waals surface area contributed by atoms with Gasteiger partial charge in [0.05, 0.1) is 4.47 Å². The topological polar surface area (TPSA) is 20.2 Å². The predicted octanol–water partition coefficient (Wildman–Crippen LogP) is 3.48. The van der Waals surface area contributed by atoms with Crippen molar-refractivity contribution >= 4 is 31.9 Å². The van der Waals surface area contributed by atoms with Crippen molar-refractivity contribution in [3.05, 3.63) is 26.6 Å². The van der Waals surface area contributed by atoms with Crippen molar-refractivity contribution in [2.45, 2.75) is 13.3 Å². The molecular formula is C8H8Br2O. The molecule has 0 saturated heterocycles. The lowest BCUT2D eigenvalue weighted by Crippen LogP contribution is -1.83. The van der Waals surface area contributed by atoms with Crippen molar-refractivity contribution in [1.82, 2.24) is 0 Å². The standard InChI is InChI=1S/C8H8Br2O/c1-2-5-3-4-6(11)8(10)7(5)9/h3-4,11H,2H2,1H3. The molecule has 0 amide bonds. The molecule has 0 radical (unpaired) electrons. The van der Waals surface area contributed by atoms with Gasteiger partial charge in [0.1, 0.15) is 5.75 Å². The fraction of sp³-hybridized carbons (Fsp3) is 0.250. The summed E-state index contributed by atoms with van der Waals surface area (Å²) >= 11 is 6.66. The van der Waals surface area contributed by atoms with Crippen molar-refractivity contribution in [2.75, 3.05) is 0 Å². The van der Waals surface area contributed by atoms with Gasteiger partial charge in [-0.3, -0.25) is 0 Å². The van der Waals surface area contributed by atoms with E-state index in [0.717, 1.165) is 15.4 Å². The van der Waals surface area contributed by atoms with Gasteiger partial charge in [-0.05, 0) is 49.9 Å². The van der Waals surface area contributed by atoms with Crippen LogP contribution in [-0.4, -0.2) is 5.11 Å². The maximum absolute atomic E-state index is 9.24. The van der Waals surface area contributed by atoms with Crippen LogP contribution in [0.4, 0.5) is 0 Å². The predicted molar refractivity (Wildman–Crippen MR) is 52.9 cm³/mol. The molecule has 0 saturated carbocycles. The van der Waals surface area contributed by atoms with E-state index in [0.29, 0.717) is 0 Å². The minimum absolute atomic E-state index is 0.272. The van der Waals surface area contributed by atoms with Gasteiger partial charge in [-0.25, -0.2) is 0 Å². The fourth-order valence-corrected chi connectivity index (χ4v) is 1.85. The highest BCUT2D eigenvalue weighted by molar-refractivity contribution is 9.13. The molecule has 0 heterocycles. The Morgan fingerprint density at radius 3 is 2.45 bits per heavy atom. The van der Waals surface area contributed by atoms with Crippen LogP contribution in [0.1, 0.15) is 12.5 Å². The molecule has 1 aromatic carbocycles. The van der Waals surface area contributed by atoms with Crippen molar-refractivity contribution in [2.24, 2.45) is 0 Å². The zero-order valence-electron chi connectivity index (χ0n) is 6.06. The Balaban J connectivity index is 3.25. The lowest BCUT2D eigenvalue weighted by Gasteiger charge is -2.04. The molecule has 0 aliphatic rings. The van der Waals surface area contributed by atoms with E-state index in [1.807, 2.05) is 6.07 Å². The molecular weight excluding hydrogens is 272 g/mol. The van der Waals surface area contributed by atoms with Gasteiger partial charge < -0.3 is 5.11 Å². The van der Waals surface area contributed by atoms with Gasteiger partial charge in [0, 0.05) is 4.47 Å². The van der Waals surface area contributed by atoms with E-state index < -0.39 is 0 Å². The highest BCUT2D eigenvalue weighted by Gasteiger charge is 2.05. The van der Waals surface area contributed by atoms with E-state index in [2.05, 4.69) is 38.8 Å². The Morgan fingerprint density at radius 1 is 1.27 bits per heavy atom. The third-order valence-corrected chi connectivity index (χ3v) is 3.76. The van der Waals surface area contributed by atoms with Gasteiger partial charge in [-0.2, -0.15) is 0 Å². The summed E-state index contributed by atoms with van der Waals surface area (Å²) in [5.41, 5.74) is 1.19. The lowest BCUT2D eigenvalue weighted by atomic mass is 10.2. The number of phenols is 1. The SMILES string of the molecule is CCc1ccc(O)c(Br)c1Br. The molecule has 0 aromatic heterocycles. The van der Waals surface area contributed by atoms with Gasteiger partial charge >= 0.3 is 0 Å². The fourth-order valence-electron chi connectivity index (χ4n) is 0.852. The Hall–Kier alpha value is -0.0200. The first-order valence-electron chi connectivity index (χ1n) is 3.32. The lowest BCUT2D eigenvalue weighted by molar-refractivity contribution is 0.471. The molecule has 0 fully saturated rings. The minimum Gasteiger partial charge on any atom is -0.507 e. The molecule has 0 aliphatic carbocycles. The van der Waals surface area contributed by atoms with Crippen LogP contribution in [0.2, 0.25) is 0 Å². The van der Waals surface area contributed by atoms with Crippen molar-refractivity contribution in [3.63, 3.8) is 0 Å². The number of rotatable bonds is 1. The molecule has 1 rings (SSSR count). The van der Waals surface area contributed by atoms with E-state index in [1.54, 1.807) is 6.07 Å². The zero-order chi connectivity index (χ0) is 8.43. The molecule has 0 spiro atoms. The first kappa shape index (κ1) is 9.07. The second kappa shape index (κ2) is 3.59. The zero-order valence-corrected chi connectivity index (χ0v) is 9.24. The van der Waals surface area contributed by atoms with E-state index in [-0.39, 0.29) is 5.75 Å². The van der Waals surface area contributed by atoms with Gasteiger partial charge in [0.15, 0.2) is 0 Å². The molecule has 0 unspecified atom stereocenters. The summed E-state index contributed by atoms with van der Waals surface area (Å²) < 4.78 is 1.68. The molecule has 60 valence electrons. The summed E-state index contributed by atoms with van der Waals surface area (Å²) in [5.74, 6) is 0.272. The highest BCUT2D eigenvalue weighted by atomic mass is 79.9. The maximum atomic E-state index is 9.24. The first-order chi connectivity index (χ1) is 5.16. The molecule has 0 atom stereocenters. The molecule has 0 aliphatic heterocycles. The number of halogens is 2. The van der Waals surface area contributed by atoms with Crippen LogP contribution in [0.15, 0.2) is 21.1 Å². The Labute approximate surface area is 82.7 Å². The van der Waals surface area contributed by atoms with Crippen molar-refractivity contribution < 1.29 is 5.11 Å². The molecule has 1 N–H and O–H groups in total.